The average molecular weight is 360 g/mol. The molecule has 2 aromatic heterocycles. The van der Waals surface area contributed by atoms with Gasteiger partial charge in [0.2, 0.25) is 5.91 Å². The molecule has 0 bridgehead atoms. The van der Waals surface area contributed by atoms with E-state index in [1.165, 1.54) is 5.56 Å². The lowest BCUT2D eigenvalue weighted by Gasteiger charge is -2.34. The number of imidazole rings is 1. The van der Waals surface area contributed by atoms with Crippen molar-refractivity contribution in [2.24, 2.45) is 5.92 Å². The number of carbonyl (C=O) groups excluding carboxylic acids is 1. The van der Waals surface area contributed by atoms with Gasteiger partial charge in [-0.3, -0.25) is 9.69 Å². The number of aromatic nitrogens is 2. The lowest BCUT2D eigenvalue weighted by atomic mass is 10.0. The van der Waals surface area contributed by atoms with Gasteiger partial charge in [-0.15, -0.1) is 0 Å². The third-order valence-corrected chi connectivity index (χ3v) is 5.83. The summed E-state index contributed by atoms with van der Waals surface area (Å²) in [5, 5.41) is 7.44. The molecule has 0 spiro atoms. The molecule has 4 rings (SSSR count). The van der Waals surface area contributed by atoms with Gasteiger partial charge in [-0.2, -0.15) is 11.3 Å². The second-order valence-corrected chi connectivity index (χ2v) is 7.69. The quantitative estimate of drug-likeness (QED) is 0.887. The third kappa shape index (κ3) is 3.94. The Bertz CT molecular complexity index is 694. The van der Waals surface area contributed by atoms with Gasteiger partial charge in [-0.05, 0) is 41.1 Å². The van der Waals surface area contributed by atoms with E-state index >= 15 is 0 Å². The van der Waals surface area contributed by atoms with Crippen LogP contribution in [0.4, 0.5) is 0 Å². The normalized spacial score (nSPS) is 21.8. The molecule has 0 aliphatic carbocycles. The first-order valence-corrected chi connectivity index (χ1v) is 9.83. The van der Waals surface area contributed by atoms with E-state index in [1.807, 2.05) is 10.8 Å². The first-order chi connectivity index (χ1) is 12.3. The van der Waals surface area contributed by atoms with Crippen molar-refractivity contribution >= 4 is 17.2 Å². The summed E-state index contributed by atoms with van der Waals surface area (Å²) < 4.78 is 7.42. The number of ether oxygens (including phenoxy) is 1. The van der Waals surface area contributed by atoms with Crippen LogP contribution in [0.5, 0.6) is 0 Å². The molecular formula is C18H24N4O2S. The van der Waals surface area contributed by atoms with Crippen molar-refractivity contribution in [3.8, 4) is 0 Å². The second kappa shape index (κ2) is 7.68. The molecule has 2 aromatic rings. The van der Waals surface area contributed by atoms with Gasteiger partial charge >= 0.3 is 0 Å². The number of hydrogen-bond acceptors (Lipinski definition) is 5. The number of fused-ring (bicyclic) bond motifs is 1. The number of nitrogens with zero attached hydrogens (tertiary/aromatic N) is 3. The Kier molecular flexibility index (Phi) is 5.14. The summed E-state index contributed by atoms with van der Waals surface area (Å²) in [5.41, 5.74) is 2.41. The zero-order valence-corrected chi connectivity index (χ0v) is 15.1. The van der Waals surface area contributed by atoms with Crippen LogP contribution in [-0.2, 0) is 22.6 Å². The minimum Gasteiger partial charge on any atom is -0.381 e. The van der Waals surface area contributed by atoms with Crippen molar-refractivity contribution < 1.29 is 9.53 Å². The predicted molar refractivity (Wildman–Crippen MR) is 96.2 cm³/mol. The smallest absolute Gasteiger partial charge is 0.244 e. The van der Waals surface area contributed by atoms with Crippen LogP contribution in [0.2, 0.25) is 0 Å². The van der Waals surface area contributed by atoms with Crippen LogP contribution in [0.3, 0.4) is 0 Å². The highest BCUT2D eigenvalue weighted by molar-refractivity contribution is 7.07. The first-order valence-electron chi connectivity index (χ1n) is 8.89. The number of nitrogens with one attached hydrogen (secondary N) is 1. The van der Waals surface area contributed by atoms with E-state index in [0.29, 0.717) is 5.92 Å². The standard InChI is InChI=1S/C18H24N4O2S/c23-18(20-7-14-1-4-24-5-2-14)17-11-21(9-15-3-6-25-12-15)10-16-8-19-13-22(16)17/h3,6,8,12-14,17H,1-2,4-5,7,9-11H2,(H,20,23). The van der Waals surface area contributed by atoms with Crippen LogP contribution in [-0.4, -0.2) is 46.7 Å². The Hall–Kier alpha value is -1.70. The molecule has 1 fully saturated rings. The molecule has 2 aliphatic rings. The maximum Gasteiger partial charge on any atom is 0.244 e. The molecular weight excluding hydrogens is 336 g/mol. The van der Waals surface area contributed by atoms with Gasteiger partial charge in [-0.25, -0.2) is 4.98 Å². The maximum atomic E-state index is 12.8. The van der Waals surface area contributed by atoms with Crippen LogP contribution in [0.1, 0.15) is 30.1 Å². The Morgan fingerprint density at radius 3 is 3.08 bits per heavy atom. The summed E-state index contributed by atoms with van der Waals surface area (Å²) >= 11 is 1.71. The van der Waals surface area contributed by atoms with Gasteiger partial charge in [-0.1, -0.05) is 0 Å². The van der Waals surface area contributed by atoms with Crippen LogP contribution < -0.4 is 5.32 Å². The second-order valence-electron chi connectivity index (χ2n) is 6.91. The van der Waals surface area contributed by atoms with E-state index in [9.17, 15) is 4.79 Å². The lowest BCUT2D eigenvalue weighted by molar-refractivity contribution is -0.126. The molecule has 1 amide bonds. The van der Waals surface area contributed by atoms with Gasteiger partial charge in [0.15, 0.2) is 0 Å². The van der Waals surface area contributed by atoms with E-state index in [-0.39, 0.29) is 11.9 Å². The molecule has 0 saturated carbocycles. The summed E-state index contributed by atoms with van der Waals surface area (Å²) in [6, 6.07) is 1.95. The van der Waals surface area contributed by atoms with E-state index in [1.54, 1.807) is 17.7 Å². The van der Waals surface area contributed by atoms with E-state index in [0.717, 1.165) is 57.9 Å². The average Bonchev–Trinajstić information content (AvgIpc) is 3.31. The largest absolute Gasteiger partial charge is 0.381 e. The Morgan fingerprint density at radius 1 is 1.40 bits per heavy atom. The van der Waals surface area contributed by atoms with Crippen LogP contribution in [0, 0.1) is 5.92 Å². The highest BCUT2D eigenvalue weighted by Crippen LogP contribution is 2.23. The molecule has 2 aliphatic heterocycles. The van der Waals surface area contributed by atoms with E-state index in [4.69, 9.17) is 4.74 Å². The van der Waals surface area contributed by atoms with E-state index in [2.05, 4.69) is 32.0 Å². The third-order valence-electron chi connectivity index (χ3n) is 5.09. The Labute approximate surface area is 151 Å². The molecule has 7 heteroatoms. The summed E-state index contributed by atoms with van der Waals surface area (Å²) in [6.07, 6.45) is 5.73. The monoisotopic (exact) mass is 360 g/mol. The van der Waals surface area contributed by atoms with Gasteiger partial charge in [0.25, 0.3) is 0 Å². The molecule has 1 unspecified atom stereocenters. The predicted octanol–water partition coefficient (Wildman–Crippen LogP) is 2.04. The number of hydrogen-bond donors (Lipinski definition) is 1. The molecule has 1 saturated heterocycles. The minimum absolute atomic E-state index is 0.0979. The molecule has 4 heterocycles. The Morgan fingerprint density at radius 2 is 2.28 bits per heavy atom. The van der Waals surface area contributed by atoms with Crippen molar-refractivity contribution in [3.05, 3.63) is 40.6 Å². The zero-order valence-electron chi connectivity index (χ0n) is 14.3. The minimum atomic E-state index is -0.204. The van der Waals surface area contributed by atoms with Crippen LogP contribution >= 0.6 is 11.3 Å². The van der Waals surface area contributed by atoms with Crippen molar-refractivity contribution in [1.29, 1.82) is 0 Å². The molecule has 0 radical (unpaired) electrons. The SMILES string of the molecule is O=C(NCC1CCOCC1)C1CN(Cc2ccsc2)Cc2cncn21. The van der Waals surface area contributed by atoms with Gasteiger partial charge in [0, 0.05) is 45.6 Å². The van der Waals surface area contributed by atoms with Crippen molar-refractivity contribution in [1.82, 2.24) is 19.8 Å². The number of carbonyl (C=O) groups is 1. The van der Waals surface area contributed by atoms with Crippen molar-refractivity contribution in [3.63, 3.8) is 0 Å². The molecule has 0 aromatic carbocycles. The number of amides is 1. The van der Waals surface area contributed by atoms with Crippen molar-refractivity contribution in [2.45, 2.75) is 32.0 Å². The lowest BCUT2D eigenvalue weighted by Crippen LogP contribution is -2.45. The fourth-order valence-corrected chi connectivity index (χ4v) is 4.30. The highest BCUT2D eigenvalue weighted by atomic mass is 32.1. The van der Waals surface area contributed by atoms with Crippen LogP contribution in [0.25, 0.3) is 0 Å². The fraction of sp³-hybridized carbons (Fsp3) is 0.556. The highest BCUT2D eigenvalue weighted by Gasteiger charge is 2.30. The molecule has 6 nitrogen and oxygen atoms in total. The molecule has 1 atom stereocenters. The topological polar surface area (TPSA) is 59.4 Å². The fourth-order valence-electron chi connectivity index (χ4n) is 3.65. The summed E-state index contributed by atoms with van der Waals surface area (Å²) in [6.45, 7) is 4.79. The summed E-state index contributed by atoms with van der Waals surface area (Å²) in [4.78, 5) is 19.4. The van der Waals surface area contributed by atoms with E-state index < -0.39 is 0 Å². The van der Waals surface area contributed by atoms with Crippen molar-refractivity contribution in [2.75, 3.05) is 26.3 Å². The molecule has 1 N–H and O–H groups in total. The number of thiophene rings is 1. The maximum absolute atomic E-state index is 12.8. The summed E-state index contributed by atoms with van der Waals surface area (Å²) in [5.74, 6) is 0.631. The number of rotatable bonds is 5. The van der Waals surface area contributed by atoms with Gasteiger partial charge in [0.05, 0.1) is 12.0 Å². The molecule has 134 valence electrons. The van der Waals surface area contributed by atoms with Gasteiger partial charge in [0.1, 0.15) is 6.04 Å². The van der Waals surface area contributed by atoms with Gasteiger partial charge < -0.3 is 14.6 Å². The Balaban J connectivity index is 1.41. The van der Waals surface area contributed by atoms with Crippen LogP contribution in [0.15, 0.2) is 29.4 Å². The molecule has 25 heavy (non-hydrogen) atoms. The first kappa shape index (κ1) is 16.8. The summed E-state index contributed by atoms with van der Waals surface area (Å²) in [7, 11) is 0. The zero-order chi connectivity index (χ0) is 17.1.